The number of aromatic hydroxyl groups is 1. The third-order valence-corrected chi connectivity index (χ3v) is 7.96. The third-order valence-electron chi connectivity index (χ3n) is 7.96. The van der Waals surface area contributed by atoms with Crippen LogP contribution in [0.15, 0.2) is 60.7 Å². The maximum absolute atomic E-state index is 14.4. The molecule has 1 N–H and O–H groups in total. The fourth-order valence-corrected chi connectivity index (χ4v) is 5.67. The average Bonchev–Trinajstić information content (AvgIpc) is 3.42. The van der Waals surface area contributed by atoms with Gasteiger partial charge in [0, 0.05) is 38.3 Å². The van der Waals surface area contributed by atoms with Gasteiger partial charge < -0.3 is 24.4 Å². The number of amides is 2. The molecule has 2 aromatic heterocycles. The van der Waals surface area contributed by atoms with Gasteiger partial charge in [-0.25, -0.2) is 14.5 Å². The highest BCUT2D eigenvalue weighted by Gasteiger charge is 2.31. The van der Waals surface area contributed by atoms with E-state index in [2.05, 4.69) is 0 Å². The second-order valence-corrected chi connectivity index (χ2v) is 12.5. The van der Waals surface area contributed by atoms with Crippen molar-refractivity contribution in [3.63, 3.8) is 0 Å². The summed E-state index contributed by atoms with van der Waals surface area (Å²) >= 11 is 0. The Labute approximate surface area is 262 Å². The lowest BCUT2D eigenvalue weighted by molar-refractivity contribution is -0.0370. The number of hydrogen-bond acceptors (Lipinski definition) is 7. The van der Waals surface area contributed by atoms with E-state index in [1.165, 1.54) is 0 Å². The van der Waals surface area contributed by atoms with Crippen LogP contribution in [0.3, 0.4) is 0 Å². The first-order valence-corrected chi connectivity index (χ1v) is 15.5. The van der Waals surface area contributed by atoms with Gasteiger partial charge in [-0.1, -0.05) is 36.4 Å². The maximum atomic E-state index is 14.4. The molecule has 2 amide bonds. The van der Waals surface area contributed by atoms with E-state index >= 15 is 0 Å². The zero-order valence-electron chi connectivity index (χ0n) is 26.0. The summed E-state index contributed by atoms with van der Waals surface area (Å²) in [6, 6.07) is 18.5. The number of ether oxygens (including phenoxy) is 2. The van der Waals surface area contributed by atoms with E-state index in [-0.39, 0.29) is 24.0 Å². The minimum absolute atomic E-state index is 0.146. The Morgan fingerprint density at radius 1 is 0.956 bits per heavy atom. The molecule has 0 radical (unpaired) electrons. The standard InChI is InChI=1S/C35H39N5O5/c1-35(2,3)45-34(43)39-20-18-38(19-21-39)33(42)27-23-29(25-13-15-26(41)16-14-25)36-32-31(27)28(17-12-24-9-5-4-6-10-24)37-40(32)30-11-7-8-22-44-30/h4-6,9-10,12-17,23,30,41H,7-8,11,18-22H2,1-3H3/b17-12+. The molecule has 234 valence electrons. The van der Waals surface area contributed by atoms with Crippen LogP contribution in [0, 0.1) is 0 Å². The van der Waals surface area contributed by atoms with E-state index in [1.807, 2.05) is 74.0 Å². The van der Waals surface area contributed by atoms with Crippen LogP contribution in [-0.2, 0) is 9.47 Å². The lowest BCUT2D eigenvalue weighted by Gasteiger charge is -2.35. The summed E-state index contributed by atoms with van der Waals surface area (Å²) in [5.74, 6) is -0.0160. The highest BCUT2D eigenvalue weighted by molar-refractivity contribution is 6.09. The van der Waals surface area contributed by atoms with Gasteiger partial charge in [-0.2, -0.15) is 5.10 Å². The molecule has 2 aromatic carbocycles. The van der Waals surface area contributed by atoms with Gasteiger partial charge in [0.05, 0.1) is 22.3 Å². The van der Waals surface area contributed by atoms with Gasteiger partial charge in [-0.05, 0) is 82.0 Å². The molecule has 2 fully saturated rings. The van der Waals surface area contributed by atoms with Gasteiger partial charge in [0.15, 0.2) is 11.9 Å². The largest absolute Gasteiger partial charge is 0.508 e. The molecule has 10 nitrogen and oxygen atoms in total. The first kappa shape index (κ1) is 30.3. The smallest absolute Gasteiger partial charge is 0.410 e. The first-order chi connectivity index (χ1) is 21.7. The molecule has 10 heteroatoms. The van der Waals surface area contributed by atoms with Crippen molar-refractivity contribution in [2.75, 3.05) is 32.8 Å². The summed E-state index contributed by atoms with van der Waals surface area (Å²) in [7, 11) is 0. The molecular weight excluding hydrogens is 570 g/mol. The SMILES string of the molecule is CC(C)(C)OC(=O)N1CCN(C(=O)c2cc(-c3ccc(O)cc3)nc3c2c(/C=C/c2ccccc2)nn3C2CCCCO2)CC1. The number of benzene rings is 2. The summed E-state index contributed by atoms with van der Waals surface area (Å²) in [6.07, 6.45) is 6.01. The van der Waals surface area contributed by atoms with Crippen molar-refractivity contribution in [2.45, 2.75) is 51.9 Å². The molecular formula is C35H39N5O5. The molecule has 0 spiro atoms. The first-order valence-electron chi connectivity index (χ1n) is 15.5. The number of pyridine rings is 1. The number of fused-ring (bicyclic) bond motifs is 1. The fourth-order valence-electron chi connectivity index (χ4n) is 5.67. The van der Waals surface area contributed by atoms with Crippen LogP contribution in [0.2, 0.25) is 0 Å². The van der Waals surface area contributed by atoms with Gasteiger partial charge >= 0.3 is 6.09 Å². The Morgan fingerprint density at radius 3 is 2.33 bits per heavy atom. The van der Waals surface area contributed by atoms with Crippen molar-refractivity contribution in [3.05, 3.63) is 77.5 Å². The highest BCUT2D eigenvalue weighted by Crippen LogP contribution is 2.34. The van der Waals surface area contributed by atoms with Crippen molar-refractivity contribution in [2.24, 2.45) is 0 Å². The molecule has 4 heterocycles. The summed E-state index contributed by atoms with van der Waals surface area (Å²) in [4.78, 5) is 35.6. The Kier molecular flexibility index (Phi) is 8.58. The maximum Gasteiger partial charge on any atom is 0.410 e. The predicted octanol–water partition coefficient (Wildman–Crippen LogP) is 6.37. The molecule has 1 atom stereocenters. The minimum Gasteiger partial charge on any atom is -0.508 e. The molecule has 1 unspecified atom stereocenters. The number of piperazine rings is 1. The number of carbonyl (C=O) groups is 2. The summed E-state index contributed by atoms with van der Waals surface area (Å²) < 4.78 is 13.5. The van der Waals surface area contributed by atoms with Crippen LogP contribution in [0.4, 0.5) is 4.79 Å². The number of carbonyl (C=O) groups excluding carboxylic acids is 2. The van der Waals surface area contributed by atoms with Crippen molar-refractivity contribution < 1.29 is 24.2 Å². The van der Waals surface area contributed by atoms with Crippen LogP contribution >= 0.6 is 0 Å². The van der Waals surface area contributed by atoms with Crippen LogP contribution in [0.25, 0.3) is 34.4 Å². The average molecular weight is 610 g/mol. The molecule has 4 aromatic rings. The monoisotopic (exact) mass is 609 g/mol. The molecule has 45 heavy (non-hydrogen) atoms. The van der Waals surface area contributed by atoms with Gasteiger partial charge in [-0.3, -0.25) is 4.79 Å². The molecule has 6 rings (SSSR count). The van der Waals surface area contributed by atoms with E-state index < -0.39 is 5.60 Å². The molecule has 2 aliphatic rings. The van der Waals surface area contributed by atoms with Gasteiger partial charge in [0.25, 0.3) is 5.91 Å². The van der Waals surface area contributed by atoms with Crippen LogP contribution in [-0.4, -0.2) is 80.1 Å². The second kappa shape index (κ2) is 12.7. The third kappa shape index (κ3) is 6.86. The lowest BCUT2D eigenvalue weighted by Crippen LogP contribution is -2.51. The fraction of sp³-hybridized carbons (Fsp3) is 0.371. The minimum atomic E-state index is -0.594. The highest BCUT2D eigenvalue weighted by atomic mass is 16.6. The van der Waals surface area contributed by atoms with E-state index in [0.29, 0.717) is 60.8 Å². The number of aromatic nitrogens is 3. The number of hydrogen-bond donors (Lipinski definition) is 1. The topological polar surface area (TPSA) is 110 Å². The molecule has 2 aliphatic heterocycles. The van der Waals surface area contributed by atoms with E-state index in [9.17, 15) is 14.7 Å². The second-order valence-electron chi connectivity index (χ2n) is 12.5. The van der Waals surface area contributed by atoms with Crippen molar-refractivity contribution in [1.82, 2.24) is 24.6 Å². The number of phenols is 1. The van der Waals surface area contributed by atoms with Gasteiger partial charge in [-0.15, -0.1) is 0 Å². The quantitative estimate of drug-likeness (QED) is 0.280. The Morgan fingerprint density at radius 2 is 1.67 bits per heavy atom. The normalized spacial score (nSPS) is 17.6. The summed E-state index contributed by atoms with van der Waals surface area (Å²) in [6.45, 7) is 7.63. The molecule has 0 aliphatic carbocycles. The Balaban J connectivity index is 1.43. The summed E-state index contributed by atoms with van der Waals surface area (Å²) in [5.41, 5.74) is 3.44. The molecule has 0 bridgehead atoms. The number of rotatable bonds is 5. The van der Waals surface area contributed by atoms with E-state index in [4.69, 9.17) is 19.6 Å². The van der Waals surface area contributed by atoms with Crippen molar-refractivity contribution in [3.8, 4) is 17.0 Å². The van der Waals surface area contributed by atoms with Crippen LogP contribution in [0.5, 0.6) is 5.75 Å². The Bertz CT molecular complexity index is 1690. The zero-order valence-corrected chi connectivity index (χ0v) is 26.0. The summed E-state index contributed by atoms with van der Waals surface area (Å²) in [5, 5.41) is 15.6. The Hall–Kier alpha value is -4.70. The van der Waals surface area contributed by atoms with Crippen molar-refractivity contribution >= 4 is 35.2 Å². The van der Waals surface area contributed by atoms with Crippen molar-refractivity contribution in [1.29, 1.82) is 0 Å². The molecule has 0 saturated carbocycles. The van der Waals surface area contributed by atoms with Crippen LogP contribution < -0.4 is 0 Å². The number of nitrogens with zero attached hydrogens (tertiary/aromatic N) is 5. The van der Waals surface area contributed by atoms with E-state index in [0.717, 1.165) is 30.4 Å². The van der Waals surface area contributed by atoms with Gasteiger partial charge in [0.2, 0.25) is 0 Å². The van der Waals surface area contributed by atoms with Crippen LogP contribution in [0.1, 0.15) is 67.9 Å². The van der Waals surface area contributed by atoms with E-state index in [1.54, 1.807) is 34.1 Å². The predicted molar refractivity (Wildman–Crippen MR) is 173 cm³/mol. The zero-order chi connectivity index (χ0) is 31.6. The lowest BCUT2D eigenvalue weighted by atomic mass is 10.0. The van der Waals surface area contributed by atoms with Gasteiger partial charge in [0.1, 0.15) is 11.4 Å². The number of phenolic OH excluding ortho intramolecular Hbond substituents is 1. The molecule has 2 saturated heterocycles.